The third kappa shape index (κ3) is 1.66. The van der Waals surface area contributed by atoms with E-state index < -0.39 is 0 Å². The first kappa shape index (κ1) is 10.2. The van der Waals surface area contributed by atoms with Crippen LogP contribution < -0.4 is 5.73 Å². The van der Waals surface area contributed by atoms with Crippen molar-refractivity contribution < 1.29 is 4.42 Å². The number of benzene rings is 1. The number of aryl methyl sites for hydroxylation is 1. The van der Waals surface area contributed by atoms with E-state index in [0.717, 1.165) is 11.3 Å². The SMILES string of the molecule is Cc1ccc(-c2nc3c(N)cc(Cl)cc3[nH]2)o1. The zero-order valence-electron chi connectivity index (χ0n) is 9.12. The van der Waals surface area contributed by atoms with Crippen molar-refractivity contribution in [3.63, 3.8) is 0 Å². The fourth-order valence-electron chi connectivity index (χ4n) is 1.79. The summed E-state index contributed by atoms with van der Waals surface area (Å²) in [6, 6.07) is 7.23. The van der Waals surface area contributed by atoms with Gasteiger partial charge in [-0.3, -0.25) is 0 Å². The number of aromatic nitrogens is 2. The molecule has 1 aromatic carbocycles. The molecule has 0 saturated carbocycles. The summed E-state index contributed by atoms with van der Waals surface area (Å²) in [7, 11) is 0. The molecule has 3 N–H and O–H groups in total. The lowest BCUT2D eigenvalue weighted by Gasteiger charge is -1.94. The van der Waals surface area contributed by atoms with Gasteiger partial charge in [0.2, 0.25) is 0 Å². The number of fused-ring (bicyclic) bond motifs is 1. The maximum absolute atomic E-state index is 5.93. The number of hydrogen-bond acceptors (Lipinski definition) is 3. The van der Waals surface area contributed by atoms with Gasteiger partial charge in [-0.05, 0) is 31.2 Å². The highest BCUT2D eigenvalue weighted by atomic mass is 35.5. The van der Waals surface area contributed by atoms with Crippen LogP contribution in [0.15, 0.2) is 28.7 Å². The van der Waals surface area contributed by atoms with Gasteiger partial charge in [0.15, 0.2) is 11.6 Å². The lowest BCUT2D eigenvalue weighted by atomic mass is 10.3. The van der Waals surface area contributed by atoms with E-state index in [2.05, 4.69) is 9.97 Å². The number of nitrogen functional groups attached to an aromatic ring is 1. The average molecular weight is 248 g/mol. The Morgan fingerprint density at radius 1 is 1.35 bits per heavy atom. The normalized spacial score (nSPS) is 11.2. The Labute approximate surface area is 102 Å². The minimum atomic E-state index is 0.554. The zero-order valence-corrected chi connectivity index (χ0v) is 9.88. The van der Waals surface area contributed by atoms with Gasteiger partial charge in [-0.2, -0.15) is 0 Å². The highest BCUT2D eigenvalue weighted by molar-refractivity contribution is 6.31. The summed E-state index contributed by atoms with van der Waals surface area (Å²) >= 11 is 5.93. The van der Waals surface area contributed by atoms with Gasteiger partial charge in [-0.1, -0.05) is 11.6 Å². The van der Waals surface area contributed by atoms with Crippen molar-refractivity contribution in [2.45, 2.75) is 6.92 Å². The first-order valence-electron chi connectivity index (χ1n) is 5.15. The van der Waals surface area contributed by atoms with Crippen molar-refractivity contribution in [3.05, 3.63) is 35.0 Å². The van der Waals surface area contributed by atoms with E-state index >= 15 is 0 Å². The first-order valence-corrected chi connectivity index (χ1v) is 5.53. The van der Waals surface area contributed by atoms with Crippen LogP contribution in [-0.4, -0.2) is 9.97 Å². The molecule has 2 aromatic heterocycles. The maximum atomic E-state index is 5.93. The molecule has 2 heterocycles. The number of nitrogens with one attached hydrogen (secondary N) is 1. The predicted molar refractivity (Wildman–Crippen MR) is 68.0 cm³/mol. The topological polar surface area (TPSA) is 67.8 Å². The van der Waals surface area contributed by atoms with E-state index in [4.69, 9.17) is 21.8 Å². The van der Waals surface area contributed by atoms with Crippen LogP contribution in [0.25, 0.3) is 22.6 Å². The van der Waals surface area contributed by atoms with Crippen molar-refractivity contribution in [3.8, 4) is 11.6 Å². The molecular weight excluding hydrogens is 238 g/mol. The van der Waals surface area contributed by atoms with E-state index in [1.807, 2.05) is 19.1 Å². The Balaban J connectivity index is 2.23. The number of rotatable bonds is 1. The lowest BCUT2D eigenvalue weighted by molar-refractivity contribution is 0.545. The molecule has 3 rings (SSSR count). The summed E-state index contributed by atoms with van der Waals surface area (Å²) in [6.07, 6.45) is 0. The number of furan rings is 1. The van der Waals surface area contributed by atoms with Crippen LogP contribution >= 0.6 is 11.6 Å². The Bertz CT molecular complexity index is 699. The molecule has 0 unspecified atom stereocenters. The number of aromatic amines is 1. The largest absolute Gasteiger partial charge is 0.458 e. The Morgan fingerprint density at radius 2 is 2.18 bits per heavy atom. The van der Waals surface area contributed by atoms with Crippen LogP contribution in [0.2, 0.25) is 5.02 Å². The molecule has 0 aliphatic rings. The summed E-state index contributed by atoms with van der Waals surface area (Å²) in [4.78, 5) is 7.54. The van der Waals surface area contributed by atoms with Crippen molar-refractivity contribution in [1.82, 2.24) is 9.97 Å². The lowest BCUT2D eigenvalue weighted by Crippen LogP contribution is -1.86. The maximum Gasteiger partial charge on any atom is 0.174 e. The number of anilines is 1. The van der Waals surface area contributed by atoms with E-state index in [9.17, 15) is 0 Å². The van der Waals surface area contributed by atoms with Crippen molar-refractivity contribution in [2.75, 3.05) is 5.73 Å². The fraction of sp³-hybridized carbons (Fsp3) is 0.0833. The molecule has 0 aliphatic heterocycles. The molecular formula is C12H10ClN3O. The summed E-state index contributed by atoms with van der Waals surface area (Å²) in [5, 5.41) is 0.584. The molecule has 0 fully saturated rings. The summed E-state index contributed by atoms with van der Waals surface area (Å²) in [6.45, 7) is 1.89. The van der Waals surface area contributed by atoms with Gasteiger partial charge >= 0.3 is 0 Å². The van der Waals surface area contributed by atoms with E-state index in [-0.39, 0.29) is 0 Å². The molecule has 0 saturated heterocycles. The first-order chi connectivity index (χ1) is 8.13. The smallest absolute Gasteiger partial charge is 0.174 e. The van der Waals surface area contributed by atoms with Gasteiger partial charge in [0.25, 0.3) is 0 Å². The number of hydrogen-bond donors (Lipinski definition) is 2. The number of nitrogens with two attached hydrogens (primary N) is 1. The number of halogens is 1. The van der Waals surface area contributed by atoms with E-state index in [0.29, 0.717) is 27.8 Å². The molecule has 86 valence electrons. The molecule has 4 nitrogen and oxygen atoms in total. The van der Waals surface area contributed by atoms with Crippen molar-refractivity contribution in [2.24, 2.45) is 0 Å². The van der Waals surface area contributed by atoms with Gasteiger partial charge in [0.1, 0.15) is 11.3 Å². The Hall–Kier alpha value is -1.94. The second kappa shape index (κ2) is 3.53. The van der Waals surface area contributed by atoms with Crippen molar-refractivity contribution >= 4 is 28.3 Å². The Morgan fingerprint density at radius 3 is 2.88 bits per heavy atom. The number of H-pyrrole nitrogens is 1. The zero-order chi connectivity index (χ0) is 12.0. The molecule has 0 atom stereocenters. The third-order valence-corrected chi connectivity index (χ3v) is 2.77. The van der Waals surface area contributed by atoms with Gasteiger partial charge in [0.05, 0.1) is 11.2 Å². The van der Waals surface area contributed by atoms with Crippen LogP contribution in [0.4, 0.5) is 5.69 Å². The fourth-order valence-corrected chi connectivity index (χ4v) is 2.01. The van der Waals surface area contributed by atoms with Crippen LogP contribution in [-0.2, 0) is 0 Å². The van der Waals surface area contributed by atoms with E-state index in [1.165, 1.54) is 0 Å². The minimum absolute atomic E-state index is 0.554. The van der Waals surface area contributed by atoms with Crippen LogP contribution in [0, 0.1) is 6.92 Å². The molecule has 5 heteroatoms. The molecule has 3 aromatic rings. The van der Waals surface area contributed by atoms with E-state index in [1.54, 1.807) is 12.1 Å². The molecule has 0 aliphatic carbocycles. The standard InChI is InChI=1S/C12H10ClN3O/c1-6-2-3-10(17-6)12-15-9-5-7(13)4-8(14)11(9)16-12/h2-5H,14H2,1H3,(H,15,16). The highest BCUT2D eigenvalue weighted by Gasteiger charge is 2.11. The molecule has 0 spiro atoms. The summed E-state index contributed by atoms with van der Waals surface area (Å²) < 4.78 is 5.50. The third-order valence-electron chi connectivity index (χ3n) is 2.55. The molecule has 0 radical (unpaired) electrons. The molecule has 17 heavy (non-hydrogen) atoms. The second-order valence-electron chi connectivity index (χ2n) is 3.89. The summed E-state index contributed by atoms with van der Waals surface area (Å²) in [5.41, 5.74) is 7.92. The Kier molecular flexibility index (Phi) is 2.12. The second-order valence-corrected chi connectivity index (χ2v) is 4.32. The number of nitrogens with zero attached hydrogens (tertiary/aromatic N) is 1. The average Bonchev–Trinajstić information content (AvgIpc) is 2.83. The van der Waals surface area contributed by atoms with Gasteiger partial charge in [-0.25, -0.2) is 4.98 Å². The predicted octanol–water partition coefficient (Wildman–Crippen LogP) is 3.37. The van der Waals surface area contributed by atoms with Crippen LogP contribution in [0.5, 0.6) is 0 Å². The molecule has 0 amide bonds. The van der Waals surface area contributed by atoms with Crippen LogP contribution in [0.1, 0.15) is 5.76 Å². The summed E-state index contributed by atoms with van der Waals surface area (Å²) in [5.74, 6) is 2.18. The van der Waals surface area contributed by atoms with Gasteiger partial charge < -0.3 is 15.1 Å². The van der Waals surface area contributed by atoms with Crippen molar-refractivity contribution in [1.29, 1.82) is 0 Å². The van der Waals surface area contributed by atoms with Gasteiger partial charge in [-0.15, -0.1) is 0 Å². The monoisotopic (exact) mass is 247 g/mol. The molecule has 0 bridgehead atoms. The van der Waals surface area contributed by atoms with Crippen LogP contribution in [0.3, 0.4) is 0 Å². The minimum Gasteiger partial charge on any atom is -0.458 e. The number of imidazole rings is 1. The quantitative estimate of drug-likeness (QED) is 0.648. The highest BCUT2D eigenvalue weighted by Crippen LogP contribution is 2.28. The van der Waals surface area contributed by atoms with Gasteiger partial charge in [0, 0.05) is 5.02 Å².